The van der Waals surface area contributed by atoms with Crippen LogP contribution >= 0.6 is 27.3 Å². The summed E-state index contributed by atoms with van der Waals surface area (Å²) in [5.74, 6) is -0.983. The second-order valence-electron chi connectivity index (χ2n) is 4.45. The molecule has 106 valence electrons. The largest absolute Gasteiger partial charge is 0.478 e. The zero-order valence-electron chi connectivity index (χ0n) is 10.8. The lowest BCUT2D eigenvalue weighted by atomic mass is 10.1. The molecule has 0 unspecified atom stereocenters. The number of nitrogens with one attached hydrogen (secondary N) is 1. The number of fused-ring (bicyclic) bond motifs is 1. The molecular weight excluding hydrogens is 352 g/mol. The Labute approximate surface area is 133 Å². The maximum atomic E-state index is 11.4. The Morgan fingerprint density at radius 1 is 1.38 bits per heavy atom. The van der Waals surface area contributed by atoms with Crippen LogP contribution in [0, 0.1) is 0 Å². The van der Waals surface area contributed by atoms with Crippen LogP contribution < -0.4 is 5.32 Å². The van der Waals surface area contributed by atoms with Crippen molar-refractivity contribution in [3.05, 3.63) is 56.8 Å². The molecule has 0 fully saturated rings. The van der Waals surface area contributed by atoms with Gasteiger partial charge in [-0.2, -0.15) is 0 Å². The number of rotatable bonds is 4. The van der Waals surface area contributed by atoms with Crippen molar-refractivity contribution < 1.29 is 9.90 Å². The number of aromatic carboxylic acids is 1. The van der Waals surface area contributed by atoms with E-state index in [0.717, 1.165) is 20.3 Å². The van der Waals surface area contributed by atoms with Crippen molar-refractivity contribution in [1.29, 1.82) is 0 Å². The van der Waals surface area contributed by atoms with Crippen molar-refractivity contribution >= 4 is 49.8 Å². The monoisotopic (exact) mass is 362 g/mol. The van der Waals surface area contributed by atoms with Gasteiger partial charge >= 0.3 is 5.97 Å². The summed E-state index contributed by atoms with van der Waals surface area (Å²) in [6.45, 7) is 0.574. The van der Waals surface area contributed by atoms with Gasteiger partial charge in [0.15, 0.2) is 0 Å². The summed E-state index contributed by atoms with van der Waals surface area (Å²) < 4.78 is 1.03. The fraction of sp³-hybridized carbons (Fsp3) is 0.0667. The van der Waals surface area contributed by atoms with E-state index in [0.29, 0.717) is 12.2 Å². The maximum absolute atomic E-state index is 11.4. The molecule has 4 nitrogen and oxygen atoms in total. The number of carbonyl (C=O) groups is 1. The lowest BCUT2D eigenvalue weighted by Crippen LogP contribution is -2.07. The van der Waals surface area contributed by atoms with E-state index in [2.05, 4.69) is 26.2 Å². The first-order valence-electron chi connectivity index (χ1n) is 6.23. The third-order valence-corrected chi connectivity index (χ3v) is 4.76. The third-order valence-electron chi connectivity index (χ3n) is 3.07. The van der Waals surface area contributed by atoms with Crippen molar-refractivity contribution in [2.75, 3.05) is 5.32 Å². The second-order valence-corrected chi connectivity index (χ2v) is 6.37. The first-order valence-corrected chi connectivity index (χ1v) is 7.90. The molecule has 2 aromatic heterocycles. The van der Waals surface area contributed by atoms with Crippen molar-refractivity contribution in [2.45, 2.75) is 6.54 Å². The fourth-order valence-corrected chi connectivity index (χ4v) is 3.51. The van der Waals surface area contributed by atoms with Crippen molar-refractivity contribution in [3.8, 4) is 0 Å². The van der Waals surface area contributed by atoms with Crippen LogP contribution in [0.25, 0.3) is 10.9 Å². The number of pyridine rings is 1. The Morgan fingerprint density at radius 2 is 2.19 bits per heavy atom. The second kappa shape index (κ2) is 5.83. The van der Waals surface area contributed by atoms with Crippen LogP contribution in [0.2, 0.25) is 0 Å². The van der Waals surface area contributed by atoms with Gasteiger partial charge in [-0.3, -0.25) is 4.98 Å². The molecule has 0 bridgehead atoms. The number of carboxylic acid groups (broad SMARTS) is 1. The molecule has 21 heavy (non-hydrogen) atoms. The molecule has 2 heterocycles. The van der Waals surface area contributed by atoms with Crippen molar-refractivity contribution in [2.24, 2.45) is 0 Å². The Bertz CT molecular complexity index is 816. The molecule has 0 saturated carbocycles. The van der Waals surface area contributed by atoms with Gasteiger partial charge in [-0.05, 0) is 28.1 Å². The molecule has 0 spiro atoms. The fourth-order valence-electron chi connectivity index (χ4n) is 2.12. The molecule has 3 rings (SSSR count). The van der Waals surface area contributed by atoms with E-state index < -0.39 is 5.97 Å². The predicted molar refractivity (Wildman–Crippen MR) is 88.0 cm³/mol. The van der Waals surface area contributed by atoms with E-state index in [1.807, 2.05) is 35.7 Å². The Morgan fingerprint density at radius 3 is 2.90 bits per heavy atom. The van der Waals surface area contributed by atoms with Crippen LogP contribution in [-0.2, 0) is 6.54 Å². The van der Waals surface area contributed by atoms with Crippen molar-refractivity contribution in [1.82, 2.24) is 4.98 Å². The predicted octanol–water partition coefficient (Wildman–Crippen LogP) is 4.37. The minimum atomic E-state index is -0.983. The van der Waals surface area contributed by atoms with Gasteiger partial charge < -0.3 is 10.4 Å². The third kappa shape index (κ3) is 2.91. The molecule has 2 N–H and O–H groups in total. The van der Waals surface area contributed by atoms with E-state index in [-0.39, 0.29) is 5.56 Å². The highest BCUT2D eigenvalue weighted by Gasteiger charge is 2.14. The summed E-state index contributed by atoms with van der Waals surface area (Å²) >= 11 is 5.03. The Kier molecular flexibility index (Phi) is 3.90. The molecule has 0 aliphatic rings. The lowest BCUT2D eigenvalue weighted by molar-refractivity contribution is 0.0697. The van der Waals surface area contributed by atoms with E-state index in [9.17, 15) is 9.90 Å². The van der Waals surface area contributed by atoms with Gasteiger partial charge in [0.2, 0.25) is 0 Å². The van der Waals surface area contributed by atoms with Gasteiger partial charge in [0.25, 0.3) is 0 Å². The SMILES string of the molecule is O=C(O)c1cnc2ccccc2c1NCc1cc(Br)cs1. The van der Waals surface area contributed by atoms with Crippen LogP contribution in [0.1, 0.15) is 15.2 Å². The van der Waals surface area contributed by atoms with E-state index >= 15 is 0 Å². The molecule has 0 aliphatic heterocycles. The highest BCUT2D eigenvalue weighted by molar-refractivity contribution is 9.10. The summed E-state index contributed by atoms with van der Waals surface area (Å²) in [7, 11) is 0. The molecule has 0 amide bonds. The maximum Gasteiger partial charge on any atom is 0.339 e. The summed E-state index contributed by atoms with van der Waals surface area (Å²) in [5, 5.41) is 15.4. The number of halogens is 1. The van der Waals surface area contributed by atoms with Crippen molar-refractivity contribution in [3.63, 3.8) is 0 Å². The molecule has 0 saturated heterocycles. The summed E-state index contributed by atoms with van der Waals surface area (Å²) in [6, 6.07) is 9.52. The number of nitrogens with zero attached hydrogens (tertiary/aromatic N) is 1. The van der Waals surface area contributed by atoms with Gasteiger partial charge in [-0.25, -0.2) is 4.79 Å². The topological polar surface area (TPSA) is 62.2 Å². The minimum absolute atomic E-state index is 0.185. The van der Waals surface area contributed by atoms with Crippen LogP contribution in [0.3, 0.4) is 0 Å². The van der Waals surface area contributed by atoms with Crippen LogP contribution in [-0.4, -0.2) is 16.1 Å². The first kappa shape index (κ1) is 14.0. The number of anilines is 1. The molecule has 6 heteroatoms. The van der Waals surface area contributed by atoms with Crippen LogP contribution in [0.5, 0.6) is 0 Å². The summed E-state index contributed by atoms with van der Waals surface area (Å²) in [5.41, 5.74) is 1.57. The average molecular weight is 363 g/mol. The lowest BCUT2D eigenvalue weighted by Gasteiger charge is -2.11. The minimum Gasteiger partial charge on any atom is -0.478 e. The van der Waals surface area contributed by atoms with Crippen LogP contribution in [0.4, 0.5) is 5.69 Å². The van der Waals surface area contributed by atoms with Gasteiger partial charge in [0, 0.05) is 32.9 Å². The van der Waals surface area contributed by atoms with Gasteiger partial charge in [0.1, 0.15) is 5.56 Å². The smallest absolute Gasteiger partial charge is 0.339 e. The number of para-hydroxylation sites is 1. The Hall–Kier alpha value is -1.92. The number of hydrogen-bond acceptors (Lipinski definition) is 4. The zero-order chi connectivity index (χ0) is 14.8. The zero-order valence-corrected chi connectivity index (χ0v) is 13.2. The van der Waals surface area contributed by atoms with E-state index in [4.69, 9.17) is 0 Å². The first-order chi connectivity index (χ1) is 10.1. The summed E-state index contributed by atoms with van der Waals surface area (Å²) in [6.07, 6.45) is 1.40. The molecule has 0 aliphatic carbocycles. The van der Waals surface area contributed by atoms with Gasteiger partial charge in [-0.15, -0.1) is 11.3 Å². The highest BCUT2D eigenvalue weighted by Crippen LogP contribution is 2.27. The normalized spacial score (nSPS) is 10.7. The molecule has 1 aromatic carbocycles. The van der Waals surface area contributed by atoms with Crippen LogP contribution in [0.15, 0.2) is 46.4 Å². The number of hydrogen-bond donors (Lipinski definition) is 2. The standard InChI is InChI=1S/C15H11BrN2O2S/c16-9-5-10(21-8-9)6-18-14-11-3-1-2-4-13(11)17-7-12(14)15(19)20/h1-5,7-8H,6H2,(H,17,18)(H,19,20). The average Bonchev–Trinajstić information content (AvgIpc) is 2.90. The Balaban J connectivity index is 2.01. The quantitative estimate of drug-likeness (QED) is 0.723. The highest BCUT2D eigenvalue weighted by atomic mass is 79.9. The molecular formula is C15H11BrN2O2S. The number of thiophene rings is 1. The van der Waals surface area contributed by atoms with E-state index in [1.165, 1.54) is 6.20 Å². The van der Waals surface area contributed by atoms with Gasteiger partial charge in [-0.1, -0.05) is 18.2 Å². The molecule has 0 atom stereocenters. The number of benzene rings is 1. The van der Waals surface area contributed by atoms with Gasteiger partial charge in [0.05, 0.1) is 11.2 Å². The number of carboxylic acids is 1. The molecule has 3 aromatic rings. The molecule has 0 radical (unpaired) electrons. The van der Waals surface area contributed by atoms with E-state index in [1.54, 1.807) is 11.3 Å². The summed E-state index contributed by atoms with van der Waals surface area (Å²) in [4.78, 5) is 16.7. The number of aromatic nitrogens is 1.